The van der Waals surface area contributed by atoms with Crippen LogP contribution in [-0.4, -0.2) is 23.0 Å². The first-order chi connectivity index (χ1) is 9.63. The zero-order chi connectivity index (χ0) is 14.1. The van der Waals surface area contributed by atoms with Crippen LogP contribution in [0.15, 0.2) is 18.2 Å². The molecular formula is C15H17NO4. The molecule has 1 aliphatic heterocycles. The summed E-state index contributed by atoms with van der Waals surface area (Å²) in [5.41, 5.74) is 2.81. The molecule has 2 aliphatic rings. The summed E-state index contributed by atoms with van der Waals surface area (Å²) in [6.07, 6.45) is 1.89. The van der Waals surface area contributed by atoms with Crippen molar-refractivity contribution in [1.82, 2.24) is 5.32 Å². The number of amides is 1. The average molecular weight is 275 g/mol. The lowest BCUT2D eigenvalue weighted by atomic mass is 10.1. The lowest BCUT2D eigenvalue weighted by Gasteiger charge is -2.13. The van der Waals surface area contributed by atoms with Crippen LogP contribution in [0.2, 0.25) is 0 Å². The molecule has 106 valence electrons. The third-order valence-electron chi connectivity index (χ3n) is 4.10. The molecule has 2 N–H and O–H groups in total. The average Bonchev–Trinajstić information content (AvgIpc) is 3.05. The molecule has 0 saturated heterocycles. The number of benzene rings is 1. The minimum atomic E-state index is -0.767. The van der Waals surface area contributed by atoms with Crippen LogP contribution in [0.5, 0.6) is 0 Å². The maximum Gasteiger partial charge on any atom is 0.306 e. The zero-order valence-electron chi connectivity index (χ0n) is 11.1. The first-order valence-corrected chi connectivity index (χ1v) is 6.86. The molecule has 3 rings (SSSR count). The Labute approximate surface area is 116 Å². The van der Waals surface area contributed by atoms with Gasteiger partial charge in [-0.1, -0.05) is 6.07 Å². The normalized spacial score (nSPS) is 24.4. The Morgan fingerprint density at radius 3 is 2.75 bits per heavy atom. The fourth-order valence-electron chi connectivity index (χ4n) is 2.92. The fourth-order valence-corrected chi connectivity index (χ4v) is 2.92. The number of carbonyl (C=O) groups is 2. The van der Waals surface area contributed by atoms with E-state index < -0.39 is 5.97 Å². The number of ether oxygens (including phenoxy) is 1. The molecule has 1 aromatic carbocycles. The van der Waals surface area contributed by atoms with Gasteiger partial charge in [-0.2, -0.15) is 0 Å². The molecule has 1 fully saturated rings. The van der Waals surface area contributed by atoms with Crippen LogP contribution >= 0.6 is 0 Å². The Morgan fingerprint density at radius 2 is 2.00 bits per heavy atom. The highest BCUT2D eigenvalue weighted by molar-refractivity contribution is 5.94. The molecule has 0 radical (unpaired) electrons. The second-order valence-electron chi connectivity index (χ2n) is 5.49. The topological polar surface area (TPSA) is 75.6 Å². The second kappa shape index (κ2) is 5.25. The lowest BCUT2D eigenvalue weighted by molar-refractivity contribution is -0.141. The predicted molar refractivity (Wildman–Crippen MR) is 71.2 cm³/mol. The Bertz CT molecular complexity index is 555. The van der Waals surface area contributed by atoms with Crippen molar-refractivity contribution in [2.75, 3.05) is 0 Å². The van der Waals surface area contributed by atoms with Crippen molar-refractivity contribution in [3.63, 3.8) is 0 Å². The summed E-state index contributed by atoms with van der Waals surface area (Å²) in [5, 5.41) is 11.9. The van der Waals surface area contributed by atoms with Crippen LogP contribution < -0.4 is 5.32 Å². The molecule has 2 unspecified atom stereocenters. The highest BCUT2D eigenvalue weighted by Crippen LogP contribution is 2.26. The first-order valence-electron chi connectivity index (χ1n) is 6.86. The molecule has 1 saturated carbocycles. The molecule has 20 heavy (non-hydrogen) atoms. The summed E-state index contributed by atoms with van der Waals surface area (Å²) in [6.45, 7) is 1.17. The standard InChI is InChI=1S/C15H17NO4/c17-14(16-13-4-3-10(6-13)15(18)19)9-1-2-11-7-20-8-12(11)5-9/h1-2,5,10,13H,3-4,6-8H2,(H,16,17)(H,18,19). The van der Waals surface area contributed by atoms with Crippen LogP contribution in [-0.2, 0) is 22.7 Å². The molecular weight excluding hydrogens is 258 g/mol. The van der Waals surface area contributed by atoms with Crippen molar-refractivity contribution in [3.8, 4) is 0 Å². The number of carbonyl (C=O) groups excluding carboxylic acids is 1. The third kappa shape index (κ3) is 2.54. The number of hydrogen-bond donors (Lipinski definition) is 2. The van der Waals surface area contributed by atoms with Crippen LogP contribution in [0, 0.1) is 5.92 Å². The molecule has 0 aromatic heterocycles. The summed E-state index contributed by atoms with van der Waals surface area (Å²) < 4.78 is 5.33. The van der Waals surface area contributed by atoms with Gasteiger partial charge in [-0.25, -0.2) is 0 Å². The van der Waals surface area contributed by atoms with Gasteiger partial charge in [0.05, 0.1) is 19.1 Å². The molecule has 1 amide bonds. The van der Waals surface area contributed by atoms with Gasteiger partial charge in [0.25, 0.3) is 5.91 Å². The van der Waals surface area contributed by atoms with E-state index in [1.165, 1.54) is 0 Å². The Kier molecular flexibility index (Phi) is 3.44. The van der Waals surface area contributed by atoms with Crippen molar-refractivity contribution >= 4 is 11.9 Å². The molecule has 5 nitrogen and oxygen atoms in total. The van der Waals surface area contributed by atoms with Crippen LogP contribution in [0.1, 0.15) is 40.7 Å². The van der Waals surface area contributed by atoms with E-state index in [4.69, 9.17) is 9.84 Å². The van der Waals surface area contributed by atoms with Crippen LogP contribution in [0.4, 0.5) is 0 Å². The first kappa shape index (κ1) is 13.1. The smallest absolute Gasteiger partial charge is 0.306 e. The SMILES string of the molecule is O=C(NC1CCC(C(=O)O)C1)c1ccc2c(c1)COC2. The maximum absolute atomic E-state index is 12.2. The molecule has 1 heterocycles. The number of rotatable bonds is 3. The predicted octanol–water partition coefficient (Wildman–Crippen LogP) is 1.70. The van der Waals surface area contributed by atoms with Crippen LogP contribution in [0.25, 0.3) is 0 Å². The quantitative estimate of drug-likeness (QED) is 0.880. The van der Waals surface area contributed by atoms with E-state index >= 15 is 0 Å². The molecule has 1 aromatic rings. The van der Waals surface area contributed by atoms with E-state index in [0.29, 0.717) is 31.6 Å². The van der Waals surface area contributed by atoms with Gasteiger partial charge >= 0.3 is 5.97 Å². The minimum absolute atomic E-state index is 0.0342. The van der Waals surface area contributed by atoms with E-state index in [1.54, 1.807) is 6.07 Å². The van der Waals surface area contributed by atoms with Gasteiger partial charge in [-0.3, -0.25) is 9.59 Å². The van der Waals surface area contributed by atoms with E-state index in [-0.39, 0.29) is 17.9 Å². The largest absolute Gasteiger partial charge is 0.481 e. The molecule has 5 heteroatoms. The number of aliphatic carboxylic acids is 1. The van der Waals surface area contributed by atoms with Gasteiger partial charge in [-0.05, 0) is 42.5 Å². The summed E-state index contributed by atoms with van der Waals surface area (Å²) in [6, 6.07) is 5.55. The second-order valence-corrected chi connectivity index (χ2v) is 5.49. The van der Waals surface area contributed by atoms with E-state index in [0.717, 1.165) is 17.5 Å². The summed E-state index contributed by atoms with van der Waals surface area (Å²) in [7, 11) is 0. The van der Waals surface area contributed by atoms with Gasteiger partial charge in [0, 0.05) is 11.6 Å². The summed E-state index contributed by atoms with van der Waals surface area (Å²) >= 11 is 0. The number of nitrogens with one attached hydrogen (secondary N) is 1. The van der Waals surface area contributed by atoms with Crippen molar-refractivity contribution < 1.29 is 19.4 Å². The highest BCUT2D eigenvalue weighted by Gasteiger charge is 2.30. The number of hydrogen-bond acceptors (Lipinski definition) is 3. The maximum atomic E-state index is 12.2. The van der Waals surface area contributed by atoms with Crippen molar-refractivity contribution in [1.29, 1.82) is 0 Å². The van der Waals surface area contributed by atoms with E-state index in [9.17, 15) is 9.59 Å². The van der Waals surface area contributed by atoms with E-state index in [1.807, 2.05) is 12.1 Å². The number of carboxylic acid groups (broad SMARTS) is 1. The highest BCUT2D eigenvalue weighted by atomic mass is 16.5. The monoisotopic (exact) mass is 275 g/mol. The van der Waals surface area contributed by atoms with Gasteiger partial charge in [0.15, 0.2) is 0 Å². The summed E-state index contributed by atoms with van der Waals surface area (Å²) in [4.78, 5) is 23.1. The lowest BCUT2D eigenvalue weighted by Crippen LogP contribution is -2.33. The molecule has 0 bridgehead atoms. The molecule has 2 atom stereocenters. The van der Waals surface area contributed by atoms with Gasteiger partial charge in [-0.15, -0.1) is 0 Å². The van der Waals surface area contributed by atoms with Crippen LogP contribution in [0.3, 0.4) is 0 Å². The van der Waals surface area contributed by atoms with E-state index in [2.05, 4.69) is 5.32 Å². The third-order valence-corrected chi connectivity index (χ3v) is 4.10. The number of fused-ring (bicyclic) bond motifs is 1. The Balaban J connectivity index is 1.64. The van der Waals surface area contributed by atoms with Gasteiger partial charge in [0.1, 0.15) is 0 Å². The van der Waals surface area contributed by atoms with Crippen molar-refractivity contribution in [2.45, 2.75) is 38.5 Å². The van der Waals surface area contributed by atoms with Crippen molar-refractivity contribution in [3.05, 3.63) is 34.9 Å². The number of carboxylic acids is 1. The van der Waals surface area contributed by atoms with Gasteiger partial charge < -0.3 is 15.2 Å². The zero-order valence-corrected chi connectivity index (χ0v) is 11.1. The Morgan fingerprint density at radius 1 is 1.20 bits per heavy atom. The minimum Gasteiger partial charge on any atom is -0.481 e. The fraction of sp³-hybridized carbons (Fsp3) is 0.467. The summed E-state index contributed by atoms with van der Waals surface area (Å²) in [5.74, 6) is -1.22. The van der Waals surface area contributed by atoms with Gasteiger partial charge in [0.2, 0.25) is 0 Å². The van der Waals surface area contributed by atoms with Crippen molar-refractivity contribution in [2.24, 2.45) is 5.92 Å². The Hall–Kier alpha value is -1.88. The molecule has 0 spiro atoms. The molecule has 1 aliphatic carbocycles.